The van der Waals surface area contributed by atoms with Crippen LogP contribution in [0.5, 0.6) is 0 Å². The minimum absolute atomic E-state index is 0.173. The van der Waals surface area contributed by atoms with Gasteiger partial charge < -0.3 is 14.7 Å². The SMILES string of the molecule is CCC(CC)C(=O)N1CCN(c2ccc(N3CCCCC3CC)nn2)CC1. The van der Waals surface area contributed by atoms with E-state index in [1.165, 1.54) is 19.3 Å². The number of rotatable bonds is 6. The van der Waals surface area contributed by atoms with Crippen LogP contribution in [0.25, 0.3) is 0 Å². The molecule has 0 aromatic carbocycles. The Labute approximate surface area is 163 Å². The van der Waals surface area contributed by atoms with Gasteiger partial charge in [-0.2, -0.15) is 0 Å². The summed E-state index contributed by atoms with van der Waals surface area (Å²) in [4.78, 5) is 19.3. The standard InChI is InChI=1S/C21H35N5O/c1-4-17(5-2)21(27)25-15-13-24(14-16-25)19-10-11-20(23-22-19)26-12-8-7-9-18(26)6-3/h10-11,17-18H,4-9,12-16H2,1-3H3. The van der Waals surface area contributed by atoms with E-state index in [0.29, 0.717) is 11.9 Å². The maximum absolute atomic E-state index is 12.6. The summed E-state index contributed by atoms with van der Waals surface area (Å²) < 4.78 is 0. The lowest BCUT2D eigenvalue weighted by Crippen LogP contribution is -2.50. The van der Waals surface area contributed by atoms with Gasteiger partial charge in [-0.25, -0.2) is 0 Å². The van der Waals surface area contributed by atoms with Crippen LogP contribution in [0, 0.1) is 5.92 Å². The first-order chi connectivity index (χ1) is 13.2. The molecule has 1 amide bonds. The quantitative estimate of drug-likeness (QED) is 0.765. The minimum Gasteiger partial charge on any atom is -0.352 e. The molecule has 0 N–H and O–H groups in total. The molecule has 1 aromatic rings. The van der Waals surface area contributed by atoms with E-state index in [9.17, 15) is 4.79 Å². The average molecular weight is 374 g/mol. The molecule has 1 aromatic heterocycles. The largest absolute Gasteiger partial charge is 0.352 e. The highest BCUT2D eigenvalue weighted by atomic mass is 16.2. The topological polar surface area (TPSA) is 52.6 Å². The van der Waals surface area contributed by atoms with Crippen LogP contribution >= 0.6 is 0 Å². The van der Waals surface area contributed by atoms with Gasteiger partial charge in [-0.1, -0.05) is 20.8 Å². The van der Waals surface area contributed by atoms with E-state index in [4.69, 9.17) is 0 Å². The van der Waals surface area contributed by atoms with Crippen LogP contribution in [0.15, 0.2) is 12.1 Å². The first-order valence-electron chi connectivity index (χ1n) is 10.8. The number of amides is 1. The molecule has 0 bridgehead atoms. The molecule has 2 aliphatic heterocycles. The summed E-state index contributed by atoms with van der Waals surface area (Å²) in [6, 6.07) is 4.82. The average Bonchev–Trinajstić information content (AvgIpc) is 2.74. The van der Waals surface area contributed by atoms with Crippen molar-refractivity contribution < 1.29 is 4.79 Å². The lowest BCUT2D eigenvalue weighted by atomic mass is 10.0. The van der Waals surface area contributed by atoms with Gasteiger partial charge in [0.15, 0.2) is 11.6 Å². The summed E-state index contributed by atoms with van der Waals surface area (Å²) in [5, 5.41) is 9.05. The molecular formula is C21H35N5O. The predicted octanol–water partition coefficient (Wildman–Crippen LogP) is 3.33. The van der Waals surface area contributed by atoms with Gasteiger partial charge in [-0.3, -0.25) is 4.79 Å². The number of nitrogens with zero attached hydrogens (tertiary/aromatic N) is 5. The molecule has 6 nitrogen and oxygen atoms in total. The van der Waals surface area contributed by atoms with Gasteiger partial charge in [0, 0.05) is 44.7 Å². The van der Waals surface area contributed by atoms with Crippen molar-refractivity contribution in [1.82, 2.24) is 15.1 Å². The summed E-state index contributed by atoms with van der Waals surface area (Å²) in [6.07, 6.45) is 6.84. The second kappa shape index (κ2) is 9.38. The van der Waals surface area contributed by atoms with Crippen LogP contribution < -0.4 is 9.80 Å². The summed E-state index contributed by atoms with van der Waals surface area (Å²) in [7, 11) is 0. The van der Waals surface area contributed by atoms with Crippen molar-refractivity contribution in [1.29, 1.82) is 0 Å². The van der Waals surface area contributed by atoms with Crippen molar-refractivity contribution in [2.75, 3.05) is 42.5 Å². The maximum Gasteiger partial charge on any atom is 0.225 e. The van der Waals surface area contributed by atoms with Crippen molar-refractivity contribution in [2.45, 2.75) is 65.3 Å². The summed E-state index contributed by atoms with van der Waals surface area (Å²) in [6.45, 7) is 10.8. The van der Waals surface area contributed by atoms with Crippen LogP contribution in [-0.4, -0.2) is 59.8 Å². The predicted molar refractivity (Wildman–Crippen MR) is 110 cm³/mol. The van der Waals surface area contributed by atoms with Gasteiger partial charge in [-0.05, 0) is 50.7 Å². The first-order valence-corrected chi connectivity index (χ1v) is 10.8. The number of anilines is 2. The third-order valence-corrected chi connectivity index (χ3v) is 6.28. The van der Waals surface area contributed by atoms with E-state index in [-0.39, 0.29) is 5.92 Å². The molecular weight excluding hydrogens is 338 g/mol. The Morgan fingerprint density at radius 3 is 2.26 bits per heavy atom. The van der Waals surface area contributed by atoms with Crippen LogP contribution in [0.4, 0.5) is 11.6 Å². The van der Waals surface area contributed by atoms with Crippen LogP contribution in [0.3, 0.4) is 0 Å². The van der Waals surface area contributed by atoms with Crippen molar-refractivity contribution in [3.8, 4) is 0 Å². The molecule has 27 heavy (non-hydrogen) atoms. The second-order valence-electron chi connectivity index (χ2n) is 7.83. The second-order valence-corrected chi connectivity index (χ2v) is 7.83. The van der Waals surface area contributed by atoms with Crippen molar-refractivity contribution >= 4 is 17.5 Å². The fourth-order valence-electron chi connectivity index (χ4n) is 4.42. The number of hydrogen-bond donors (Lipinski definition) is 0. The highest BCUT2D eigenvalue weighted by Crippen LogP contribution is 2.25. The molecule has 150 valence electrons. The lowest BCUT2D eigenvalue weighted by Gasteiger charge is -2.37. The molecule has 6 heteroatoms. The molecule has 2 fully saturated rings. The molecule has 3 heterocycles. The molecule has 0 radical (unpaired) electrons. The molecule has 2 saturated heterocycles. The van der Waals surface area contributed by atoms with E-state index >= 15 is 0 Å². The van der Waals surface area contributed by atoms with E-state index in [0.717, 1.165) is 63.6 Å². The Bertz CT molecular complexity index is 593. The third kappa shape index (κ3) is 4.53. The van der Waals surface area contributed by atoms with E-state index in [1.54, 1.807) is 0 Å². The number of carbonyl (C=O) groups excluding carboxylic acids is 1. The fraction of sp³-hybridized carbons (Fsp3) is 0.762. The number of hydrogen-bond acceptors (Lipinski definition) is 5. The molecule has 0 aliphatic carbocycles. The van der Waals surface area contributed by atoms with Gasteiger partial charge in [0.2, 0.25) is 5.91 Å². The van der Waals surface area contributed by atoms with Gasteiger partial charge >= 0.3 is 0 Å². The summed E-state index contributed by atoms with van der Waals surface area (Å²) >= 11 is 0. The highest BCUT2D eigenvalue weighted by molar-refractivity contribution is 5.79. The van der Waals surface area contributed by atoms with Gasteiger partial charge in [0.25, 0.3) is 0 Å². The van der Waals surface area contributed by atoms with Crippen LogP contribution in [0.1, 0.15) is 59.3 Å². The Morgan fingerprint density at radius 2 is 1.67 bits per heavy atom. The Kier molecular flexibility index (Phi) is 6.91. The summed E-state index contributed by atoms with van der Waals surface area (Å²) in [5.41, 5.74) is 0. The van der Waals surface area contributed by atoms with E-state index in [2.05, 4.69) is 52.9 Å². The Morgan fingerprint density at radius 1 is 1.00 bits per heavy atom. The maximum atomic E-state index is 12.6. The first kappa shape index (κ1) is 19.9. The highest BCUT2D eigenvalue weighted by Gasteiger charge is 2.27. The smallest absolute Gasteiger partial charge is 0.225 e. The monoisotopic (exact) mass is 373 g/mol. The van der Waals surface area contributed by atoms with E-state index < -0.39 is 0 Å². The molecule has 1 atom stereocenters. The van der Waals surface area contributed by atoms with E-state index in [1.807, 2.05) is 4.90 Å². The molecule has 0 spiro atoms. The molecule has 0 saturated carbocycles. The zero-order valence-electron chi connectivity index (χ0n) is 17.2. The fourth-order valence-corrected chi connectivity index (χ4v) is 4.42. The van der Waals surface area contributed by atoms with Gasteiger partial charge in [-0.15, -0.1) is 10.2 Å². The minimum atomic E-state index is 0.173. The van der Waals surface area contributed by atoms with Gasteiger partial charge in [0.1, 0.15) is 0 Å². The molecule has 1 unspecified atom stereocenters. The lowest BCUT2D eigenvalue weighted by molar-refractivity contribution is -0.136. The van der Waals surface area contributed by atoms with Crippen molar-refractivity contribution in [2.24, 2.45) is 5.92 Å². The number of piperazine rings is 1. The zero-order valence-corrected chi connectivity index (χ0v) is 17.2. The molecule has 2 aliphatic rings. The zero-order chi connectivity index (χ0) is 19.2. The van der Waals surface area contributed by atoms with Gasteiger partial charge in [0.05, 0.1) is 0 Å². The summed E-state index contributed by atoms with van der Waals surface area (Å²) in [5.74, 6) is 2.43. The van der Waals surface area contributed by atoms with Crippen molar-refractivity contribution in [3.63, 3.8) is 0 Å². The third-order valence-electron chi connectivity index (χ3n) is 6.28. The Hall–Kier alpha value is -1.85. The number of piperidine rings is 1. The Balaban J connectivity index is 1.58. The molecule has 3 rings (SSSR count). The van der Waals surface area contributed by atoms with Crippen molar-refractivity contribution in [3.05, 3.63) is 12.1 Å². The van der Waals surface area contributed by atoms with Crippen LogP contribution in [-0.2, 0) is 4.79 Å². The normalized spacial score (nSPS) is 21.0. The number of aromatic nitrogens is 2. The number of carbonyl (C=O) groups is 1. The van der Waals surface area contributed by atoms with Crippen LogP contribution in [0.2, 0.25) is 0 Å².